The monoisotopic (exact) mass is 192 g/mol. The molecule has 0 aromatic carbocycles. The topological polar surface area (TPSA) is 68.3 Å². The van der Waals surface area contributed by atoms with Gasteiger partial charge in [0, 0.05) is 11.8 Å². The molecular weight excluding hydrogens is 184 g/mol. The van der Waals surface area contributed by atoms with Crippen LogP contribution >= 0.6 is 0 Å². The molecule has 0 spiro atoms. The summed E-state index contributed by atoms with van der Waals surface area (Å²) >= 11 is 0. The van der Waals surface area contributed by atoms with Gasteiger partial charge in [0.05, 0.1) is 0 Å². The fraction of sp³-hybridized carbons (Fsp3) is 0.222. The first-order valence-corrected chi connectivity index (χ1v) is 4.13. The first-order valence-electron chi connectivity index (χ1n) is 4.13. The van der Waals surface area contributed by atoms with Crippen molar-refractivity contribution in [3.05, 3.63) is 17.8 Å². The van der Waals surface area contributed by atoms with E-state index in [1.165, 1.54) is 12.3 Å². The standard InChI is InChI=1S/C9H8N2O3/c1-5-8(13)11-7-2-6(4-12)3-10-9(7)14-5/h2-5H,1H3,(H,11,13). The molecular formula is C9H8N2O3. The van der Waals surface area contributed by atoms with Gasteiger partial charge >= 0.3 is 0 Å². The summed E-state index contributed by atoms with van der Waals surface area (Å²) in [4.78, 5) is 25.6. The van der Waals surface area contributed by atoms with Crippen molar-refractivity contribution in [1.29, 1.82) is 0 Å². The lowest BCUT2D eigenvalue weighted by atomic mass is 10.2. The van der Waals surface area contributed by atoms with Crippen LogP contribution in [-0.4, -0.2) is 23.3 Å². The molecule has 1 unspecified atom stereocenters. The van der Waals surface area contributed by atoms with E-state index in [-0.39, 0.29) is 5.91 Å². The van der Waals surface area contributed by atoms with Crippen LogP contribution in [0.1, 0.15) is 17.3 Å². The molecule has 0 saturated heterocycles. The van der Waals surface area contributed by atoms with Crippen molar-refractivity contribution in [1.82, 2.24) is 4.98 Å². The van der Waals surface area contributed by atoms with Crippen LogP contribution in [0.15, 0.2) is 12.3 Å². The lowest BCUT2D eigenvalue weighted by Crippen LogP contribution is -2.34. The van der Waals surface area contributed by atoms with Crippen LogP contribution in [0.3, 0.4) is 0 Å². The van der Waals surface area contributed by atoms with E-state index in [9.17, 15) is 9.59 Å². The zero-order valence-corrected chi connectivity index (χ0v) is 7.48. The summed E-state index contributed by atoms with van der Waals surface area (Å²) in [5.74, 6) is 0.116. The predicted molar refractivity (Wildman–Crippen MR) is 48.3 cm³/mol. The number of nitrogens with one attached hydrogen (secondary N) is 1. The number of aldehydes is 1. The van der Waals surface area contributed by atoms with E-state index < -0.39 is 6.10 Å². The Morgan fingerprint density at radius 2 is 2.43 bits per heavy atom. The summed E-state index contributed by atoms with van der Waals surface area (Å²) in [6.45, 7) is 1.63. The minimum Gasteiger partial charge on any atom is -0.463 e. The third kappa shape index (κ3) is 1.32. The molecule has 1 amide bonds. The SMILES string of the molecule is CC1Oc2ncc(C=O)cc2NC1=O. The van der Waals surface area contributed by atoms with Crippen LogP contribution in [0.4, 0.5) is 5.69 Å². The molecule has 0 aliphatic carbocycles. The van der Waals surface area contributed by atoms with Crippen LogP contribution in [0.2, 0.25) is 0 Å². The van der Waals surface area contributed by atoms with E-state index in [0.29, 0.717) is 23.4 Å². The van der Waals surface area contributed by atoms with Gasteiger partial charge < -0.3 is 10.1 Å². The van der Waals surface area contributed by atoms with Gasteiger partial charge in [0.2, 0.25) is 5.88 Å². The summed E-state index contributed by atoms with van der Waals surface area (Å²) in [5, 5.41) is 2.60. The molecule has 0 radical (unpaired) electrons. The van der Waals surface area contributed by atoms with E-state index in [1.54, 1.807) is 6.92 Å². The number of fused-ring (bicyclic) bond motifs is 1. The highest BCUT2D eigenvalue weighted by Gasteiger charge is 2.24. The van der Waals surface area contributed by atoms with Crippen molar-refractivity contribution in [3.63, 3.8) is 0 Å². The number of hydrogen-bond donors (Lipinski definition) is 1. The molecule has 14 heavy (non-hydrogen) atoms. The summed E-state index contributed by atoms with van der Waals surface area (Å²) in [5.41, 5.74) is 0.847. The second-order valence-electron chi connectivity index (χ2n) is 2.99. The fourth-order valence-electron chi connectivity index (χ4n) is 1.17. The van der Waals surface area contributed by atoms with Gasteiger partial charge in [0.15, 0.2) is 12.4 Å². The first kappa shape index (κ1) is 8.68. The largest absolute Gasteiger partial charge is 0.463 e. The maximum Gasteiger partial charge on any atom is 0.265 e. The molecule has 0 fully saturated rings. The third-order valence-electron chi connectivity index (χ3n) is 1.92. The average Bonchev–Trinajstić information content (AvgIpc) is 2.19. The maximum absolute atomic E-state index is 11.2. The van der Waals surface area contributed by atoms with Crippen molar-refractivity contribution >= 4 is 17.9 Å². The highest BCUT2D eigenvalue weighted by Crippen LogP contribution is 2.26. The molecule has 1 aliphatic rings. The molecule has 5 heteroatoms. The van der Waals surface area contributed by atoms with Gasteiger partial charge in [-0.05, 0) is 13.0 Å². The Kier molecular flexibility index (Phi) is 1.92. The maximum atomic E-state index is 11.2. The Labute approximate surface area is 80.1 Å². The van der Waals surface area contributed by atoms with Gasteiger partial charge in [-0.15, -0.1) is 0 Å². The molecule has 2 rings (SSSR count). The second-order valence-corrected chi connectivity index (χ2v) is 2.99. The molecule has 1 atom stereocenters. The van der Waals surface area contributed by atoms with Gasteiger partial charge in [-0.1, -0.05) is 0 Å². The number of carbonyl (C=O) groups excluding carboxylic acids is 2. The van der Waals surface area contributed by atoms with E-state index in [2.05, 4.69) is 10.3 Å². The smallest absolute Gasteiger partial charge is 0.265 e. The Morgan fingerprint density at radius 1 is 1.64 bits per heavy atom. The van der Waals surface area contributed by atoms with Crippen molar-refractivity contribution in [3.8, 4) is 5.88 Å². The van der Waals surface area contributed by atoms with Crippen LogP contribution in [0.5, 0.6) is 5.88 Å². The number of pyridine rings is 1. The van der Waals surface area contributed by atoms with Crippen molar-refractivity contribution in [2.75, 3.05) is 5.32 Å². The summed E-state index contributed by atoms with van der Waals surface area (Å²) < 4.78 is 5.20. The number of amides is 1. The van der Waals surface area contributed by atoms with Gasteiger partial charge in [0.25, 0.3) is 5.91 Å². The van der Waals surface area contributed by atoms with E-state index >= 15 is 0 Å². The van der Waals surface area contributed by atoms with E-state index in [0.717, 1.165) is 0 Å². The minimum absolute atomic E-state index is 0.234. The van der Waals surface area contributed by atoms with Crippen LogP contribution < -0.4 is 10.1 Å². The molecule has 0 saturated carbocycles. The molecule has 2 heterocycles. The molecule has 1 N–H and O–H groups in total. The number of ether oxygens (including phenoxy) is 1. The number of aromatic nitrogens is 1. The van der Waals surface area contributed by atoms with Crippen molar-refractivity contribution in [2.24, 2.45) is 0 Å². The number of hydrogen-bond acceptors (Lipinski definition) is 4. The zero-order chi connectivity index (χ0) is 10.1. The molecule has 1 aromatic heterocycles. The molecule has 0 bridgehead atoms. The second kappa shape index (κ2) is 3.10. The first-order chi connectivity index (χ1) is 6.70. The Morgan fingerprint density at radius 3 is 3.14 bits per heavy atom. The Balaban J connectivity index is 2.42. The quantitative estimate of drug-likeness (QED) is 0.662. The van der Waals surface area contributed by atoms with Crippen molar-refractivity contribution in [2.45, 2.75) is 13.0 Å². The Bertz CT molecular complexity index is 403. The molecule has 72 valence electrons. The van der Waals surface area contributed by atoms with Crippen LogP contribution in [0, 0.1) is 0 Å². The van der Waals surface area contributed by atoms with Gasteiger partial charge in [-0.25, -0.2) is 4.98 Å². The molecule has 5 nitrogen and oxygen atoms in total. The van der Waals surface area contributed by atoms with Crippen molar-refractivity contribution < 1.29 is 14.3 Å². The summed E-state index contributed by atoms with van der Waals surface area (Å²) in [6, 6.07) is 1.53. The van der Waals surface area contributed by atoms with Gasteiger partial charge in [-0.3, -0.25) is 9.59 Å². The van der Waals surface area contributed by atoms with E-state index in [4.69, 9.17) is 4.74 Å². The molecule has 1 aliphatic heterocycles. The normalized spacial score (nSPS) is 19.2. The minimum atomic E-state index is -0.544. The van der Waals surface area contributed by atoms with Crippen LogP contribution in [0.25, 0.3) is 0 Å². The highest BCUT2D eigenvalue weighted by atomic mass is 16.5. The number of rotatable bonds is 1. The number of carbonyl (C=O) groups is 2. The summed E-state index contributed by atoms with van der Waals surface area (Å²) in [7, 11) is 0. The lowest BCUT2D eigenvalue weighted by Gasteiger charge is -2.21. The zero-order valence-electron chi connectivity index (χ0n) is 7.48. The number of anilines is 1. The Hall–Kier alpha value is -1.91. The average molecular weight is 192 g/mol. The predicted octanol–water partition coefficient (Wildman–Crippen LogP) is 0.613. The molecule has 1 aromatic rings. The number of nitrogens with zero attached hydrogens (tertiary/aromatic N) is 1. The van der Waals surface area contributed by atoms with E-state index in [1.807, 2.05) is 0 Å². The third-order valence-corrected chi connectivity index (χ3v) is 1.92. The lowest BCUT2D eigenvalue weighted by molar-refractivity contribution is -0.122. The van der Waals surface area contributed by atoms with Gasteiger partial charge in [-0.2, -0.15) is 0 Å². The van der Waals surface area contributed by atoms with Gasteiger partial charge in [0.1, 0.15) is 5.69 Å². The highest BCUT2D eigenvalue weighted by molar-refractivity contribution is 5.97. The fourth-order valence-corrected chi connectivity index (χ4v) is 1.17. The van der Waals surface area contributed by atoms with Crippen LogP contribution in [-0.2, 0) is 4.79 Å². The summed E-state index contributed by atoms with van der Waals surface area (Å²) in [6.07, 6.45) is 1.52.